The molecule has 1 aliphatic carbocycles. The van der Waals surface area contributed by atoms with E-state index in [2.05, 4.69) is 0 Å². The van der Waals surface area contributed by atoms with E-state index in [9.17, 15) is 19.7 Å². The number of fused-ring (bicyclic) bond motifs is 1. The highest BCUT2D eigenvalue weighted by molar-refractivity contribution is 6.25. The third-order valence-corrected chi connectivity index (χ3v) is 5.15. The zero-order chi connectivity index (χ0) is 21.4. The minimum absolute atomic E-state index is 0.0418. The normalized spacial score (nSPS) is 18.1. The minimum atomic E-state index is -0.591. The number of aryl methyl sites for hydroxylation is 2. The summed E-state index contributed by atoms with van der Waals surface area (Å²) in [5, 5.41) is 11.1. The molecular weight excluding hydrogens is 382 g/mol. The summed E-state index contributed by atoms with van der Waals surface area (Å²) in [5.74, 6) is -0.900. The number of anilines is 1. The molecule has 2 aromatic rings. The maximum Gasteiger partial charge on any atom is 0.506 e. The number of amides is 3. The van der Waals surface area contributed by atoms with Crippen LogP contribution in [-0.2, 0) is 11.3 Å². The number of hydrogen-bond acceptors (Lipinski definition) is 4. The van der Waals surface area contributed by atoms with Crippen molar-refractivity contribution in [2.24, 2.45) is 5.92 Å². The quantitative estimate of drug-likeness (QED) is 0.438. The van der Waals surface area contributed by atoms with E-state index in [4.69, 9.17) is 0 Å². The molecule has 0 aromatic heterocycles. The van der Waals surface area contributed by atoms with E-state index in [0.717, 1.165) is 11.1 Å². The minimum Gasteiger partial charge on any atom is -0.258 e. The Hall–Kier alpha value is -3.87. The Morgan fingerprint density at radius 1 is 1.07 bits per heavy atom. The van der Waals surface area contributed by atoms with Gasteiger partial charge in [-0.3, -0.25) is 10.1 Å². The average Bonchev–Trinajstić information content (AvgIpc) is 2.71. The van der Waals surface area contributed by atoms with Crippen LogP contribution in [0, 0.1) is 29.9 Å². The summed E-state index contributed by atoms with van der Waals surface area (Å²) in [6.45, 7) is 3.95. The van der Waals surface area contributed by atoms with Crippen molar-refractivity contribution in [3.8, 4) is 0 Å². The molecule has 1 unspecified atom stereocenters. The van der Waals surface area contributed by atoms with Gasteiger partial charge in [0, 0.05) is 17.7 Å². The number of urea groups is 1. The number of nitro groups is 1. The Morgan fingerprint density at radius 2 is 1.80 bits per heavy atom. The lowest BCUT2D eigenvalue weighted by molar-refractivity contribution is -0.446. The first-order valence-electron chi connectivity index (χ1n) is 9.54. The van der Waals surface area contributed by atoms with E-state index in [1.165, 1.54) is 21.6 Å². The van der Waals surface area contributed by atoms with Crippen LogP contribution in [0.5, 0.6) is 0 Å². The number of nitrogens with zero attached hydrogens (tertiary/aromatic N) is 3. The predicted molar refractivity (Wildman–Crippen MR) is 113 cm³/mol. The van der Waals surface area contributed by atoms with Crippen LogP contribution in [0.15, 0.2) is 66.8 Å². The Bertz CT molecular complexity index is 1160. The highest BCUT2D eigenvalue weighted by atomic mass is 16.6. The van der Waals surface area contributed by atoms with Crippen molar-refractivity contribution in [1.82, 2.24) is 0 Å². The standard InChI is InChI=1S/C23H20N3O4/c1-15-10-16(2)12-19(11-15)25-22(27)20-8-3-4-9-21(20)24(23(25)28)14-17-6-5-7-18(13-17)26(29)30/h3-13,20H,14H2,1-2H3/q+1. The number of carbonyl (C=O) groups is 2. The average molecular weight is 402 g/mol. The van der Waals surface area contributed by atoms with Gasteiger partial charge in [-0.15, -0.1) is 4.90 Å². The van der Waals surface area contributed by atoms with Gasteiger partial charge >= 0.3 is 11.9 Å². The van der Waals surface area contributed by atoms with E-state index in [1.54, 1.807) is 36.4 Å². The van der Waals surface area contributed by atoms with Gasteiger partial charge in [0.25, 0.3) is 5.69 Å². The van der Waals surface area contributed by atoms with Crippen LogP contribution in [0.25, 0.3) is 0 Å². The lowest BCUT2D eigenvalue weighted by atomic mass is 9.94. The summed E-state index contributed by atoms with van der Waals surface area (Å²) in [6, 6.07) is 11.3. The summed E-state index contributed by atoms with van der Waals surface area (Å²) in [6.07, 6.45) is 7.07. The van der Waals surface area contributed by atoms with Crippen LogP contribution in [0.4, 0.5) is 16.2 Å². The number of imide groups is 1. The van der Waals surface area contributed by atoms with Gasteiger partial charge in [-0.05, 0) is 43.2 Å². The maximum atomic E-state index is 13.5. The monoisotopic (exact) mass is 402 g/mol. The lowest BCUT2D eigenvalue weighted by Crippen LogP contribution is -2.54. The van der Waals surface area contributed by atoms with E-state index in [1.807, 2.05) is 32.0 Å². The molecule has 3 amide bonds. The maximum absolute atomic E-state index is 13.5. The molecule has 1 heterocycles. The molecule has 0 N–H and O–H groups in total. The SMILES string of the molecule is Cc1cc(C)cc(N2C(=O)C3C=CC=CC3=[N+](Cc3cccc([N+](=O)[O-])c3)C2=O)c1. The second kappa shape index (κ2) is 7.51. The third kappa shape index (κ3) is 3.45. The van der Waals surface area contributed by atoms with Crippen LogP contribution in [0.2, 0.25) is 0 Å². The summed E-state index contributed by atoms with van der Waals surface area (Å²) in [4.78, 5) is 38.5. The van der Waals surface area contributed by atoms with Crippen LogP contribution in [-0.4, -0.2) is 27.1 Å². The molecule has 4 rings (SSSR count). The molecular formula is C23H20N3O4+. The zero-order valence-corrected chi connectivity index (χ0v) is 16.6. The van der Waals surface area contributed by atoms with Crippen LogP contribution in [0.3, 0.4) is 0 Å². The molecule has 150 valence electrons. The van der Waals surface area contributed by atoms with Crippen LogP contribution < -0.4 is 4.90 Å². The molecule has 2 aromatic carbocycles. The van der Waals surface area contributed by atoms with Gasteiger partial charge in [0.15, 0.2) is 0 Å². The Labute approximate surface area is 173 Å². The fourth-order valence-electron chi connectivity index (χ4n) is 3.89. The summed E-state index contributed by atoms with van der Waals surface area (Å²) in [7, 11) is 0. The fourth-order valence-corrected chi connectivity index (χ4v) is 3.89. The number of nitro benzene ring substituents is 1. The predicted octanol–water partition coefficient (Wildman–Crippen LogP) is 4.07. The van der Waals surface area contributed by atoms with Crippen molar-refractivity contribution in [2.45, 2.75) is 20.4 Å². The molecule has 1 aliphatic heterocycles. The van der Waals surface area contributed by atoms with Gasteiger partial charge in [-0.2, -0.15) is 9.37 Å². The van der Waals surface area contributed by atoms with E-state index in [0.29, 0.717) is 17.0 Å². The van der Waals surface area contributed by atoms with Gasteiger partial charge in [0.05, 0.1) is 4.92 Å². The van der Waals surface area contributed by atoms with Gasteiger partial charge in [0.1, 0.15) is 23.9 Å². The number of non-ortho nitro benzene ring substituents is 1. The summed E-state index contributed by atoms with van der Waals surface area (Å²) < 4.78 is 1.52. The van der Waals surface area contributed by atoms with E-state index >= 15 is 0 Å². The van der Waals surface area contributed by atoms with Gasteiger partial charge < -0.3 is 0 Å². The first-order chi connectivity index (χ1) is 14.3. The molecule has 0 fully saturated rings. The number of hydrogen-bond donors (Lipinski definition) is 0. The highest BCUT2D eigenvalue weighted by Gasteiger charge is 2.48. The second-order valence-electron chi connectivity index (χ2n) is 7.46. The summed E-state index contributed by atoms with van der Waals surface area (Å²) in [5.41, 5.74) is 3.56. The molecule has 0 radical (unpaired) electrons. The Morgan fingerprint density at radius 3 is 2.50 bits per heavy atom. The van der Waals surface area contributed by atoms with E-state index < -0.39 is 16.9 Å². The summed E-state index contributed by atoms with van der Waals surface area (Å²) >= 11 is 0. The van der Waals surface area contributed by atoms with Gasteiger partial charge in [-0.1, -0.05) is 36.4 Å². The molecule has 0 saturated heterocycles. The molecule has 2 aliphatic rings. The number of benzene rings is 2. The van der Waals surface area contributed by atoms with Crippen molar-refractivity contribution < 1.29 is 19.1 Å². The van der Waals surface area contributed by atoms with Crippen molar-refractivity contribution in [3.63, 3.8) is 0 Å². The molecule has 1 atom stereocenters. The highest BCUT2D eigenvalue weighted by Crippen LogP contribution is 2.28. The van der Waals surface area contributed by atoms with Crippen LogP contribution in [0.1, 0.15) is 16.7 Å². The lowest BCUT2D eigenvalue weighted by Gasteiger charge is -2.27. The first-order valence-corrected chi connectivity index (χ1v) is 9.54. The number of carbonyl (C=O) groups excluding carboxylic acids is 2. The van der Waals surface area contributed by atoms with E-state index in [-0.39, 0.29) is 18.1 Å². The third-order valence-electron chi connectivity index (χ3n) is 5.15. The molecule has 30 heavy (non-hydrogen) atoms. The zero-order valence-electron chi connectivity index (χ0n) is 16.6. The largest absolute Gasteiger partial charge is 0.506 e. The smallest absolute Gasteiger partial charge is 0.258 e. The molecule has 0 spiro atoms. The molecule has 0 bridgehead atoms. The van der Waals surface area contributed by atoms with Crippen LogP contribution >= 0.6 is 0 Å². The molecule has 7 nitrogen and oxygen atoms in total. The fraction of sp³-hybridized carbons (Fsp3) is 0.174. The molecule has 7 heteroatoms. The topological polar surface area (TPSA) is 83.5 Å². The second-order valence-corrected chi connectivity index (χ2v) is 7.46. The van der Waals surface area contributed by atoms with Crippen molar-refractivity contribution in [1.29, 1.82) is 0 Å². The Kier molecular flexibility index (Phi) is 4.87. The van der Waals surface area contributed by atoms with Crippen molar-refractivity contribution in [3.05, 3.63) is 93.6 Å². The number of rotatable bonds is 4. The first kappa shape index (κ1) is 19.4. The molecule has 0 saturated carbocycles. The van der Waals surface area contributed by atoms with Crippen molar-refractivity contribution in [2.75, 3.05) is 4.90 Å². The van der Waals surface area contributed by atoms with Crippen molar-refractivity contribution >= 4 is 29.0 Å². The van der Waals surface area contributed by atoms with Gasteiger partial charge in [0.2, 0.25) is 0 Å². The van der Waals surface area contributed by atoms with Gasteiger partial charge in [-0.25, -0.2) is 4.79 Å². The Balaban J connectivity index is 1.81. The number of allylic oxidation sites excluding steroid dienone is 3.